The van der Waals surface area contributed by atoms with Crippen molar-refractivity contribution in [3.05, 3.63) is 0 Å². The molecule has 0 radical (unpaired) electrons. The number of urea groups is 1. The highest BCUT2D eigenvalue weighted by Crippen LogP contribution is 2.30. The Morgan fingerprint density at radius 3 is 2.18 bits per heavy atom. The standard InChI is InChI=1S/C18H34N2O2/c1-13(2)15-6-8-16(9-7-15)19-18(22)20(3)17-10-4-14(12-21)5-11-17/h13-17,21H,4-12H2,1-3H3,(H,19,22). The van der Waals surface area contributed by atoms with Crippen LogP contribution in [0.3, 0.4) is 0 Å². The second-order valence-corrected chi connectivity index (χ2v) is 7.77. The first kappa shape index (κ1) is 17.6. The van der Waals surface area contributed by atoms with E-state index in [4.69, 9.17) is 0 Å². The van der Waals surface area contributed by atoms with E-state index in [1.165, 1.54) is 12.8 Å². The average Bonchev–Trinajstić information content (AvgIpc) is 2.54. The lowest BCUT2D eigenvalue weighted by Crippen LogP contribution is -2.49. The van der Waals surface area contributed by atoms with Crippen molar-refractivity contribution in [3.63, 3.8) is 0 Å². The maximum absolute atomic E-state index is 12.4. The summed E-state index contributed by atoms with van der Waals surface area (Å²) in [5.74, 6) is 2.04. The summed E-state index contributed by atoms with van der Waals surface area (Å²) in [6.45, 7) is 4.90. The second kappa shape index (κ2) is 8.19. The van der Waals surface area contributed by atoms with E-state index in [1.54, 1.807) is 0 Å². The van der Waals surface area contributed by atoms with Crippen LogP contribution in [0.15, 0.2) is 0 Å². The van der Waals surface area contributed by atoms with Gasteiger partial charge in [-0.2, -0.15) is 0 Å². The van der Waals surface area contributed by atoms with E-state index in [9.17, 15) is 9.90 Å². The zero-order valence-corrected chi connectivity index (χ0v) is 14.6. The normalized spacial score (nSPS) is 32.8. The fraction of sp³-hybridized carbons (Fsp3) is 0.944. The van der Waals surface area contributed by atoms with Crippen LogP contribution in [0.4, 0.5) is 4.79 Å². The molecular weight excluding hydrogens is 276 g/mol. The van der Waals surface area contributed by atoms with E-state index in [0.717, 1.165) is 50.4 Å². The molecule has 0 aromatic heterocycles. The summed E-state index contributed by atoms with van der Waals surface area (Å²) in [5, 5.41) is 12.4. The van der Waals surface area contributed by atoms with Crippen molar-refractivity contribution in [2.24, 2.45) is 17.8 Å². The molecule has 2 rings (SSSR count). The van der Waals surface area contributed by atoms with Crippen molar-refractivity contribution in [3.8, 4) is 0 Å². The van der Waals surface area contributed by atoms with Gasteiger partial charge in [-0.05, 0) is 69.1 Å². The largest absolute Gasteiger partial charge is 0.396 e. The number of carbonyl (C=O) groups excluding carboxylic acids is 1. The summed E-state index contributed by atoms with van der Waals surface area (Å²) >= 11 is 0. The molecule has 0 bridgehead atoms. The fourth-order valence-electron chi connectivity index (χ4n) is 4.09. The summed E-state index contributed by atoms with van der Waals surface area (Å²) in [5.41, 5.74) is 0. The highest BCUT2D eigenvalue weighted by Gasteiger charge is 2.29. The van der Waals surface area contributed by atoms with Crippen LogP contribution in [0.5, 0.6) is 0 Å². The minimum absolute atomic E-state index is 0.0976. The molecule has 4 nitrogen and oxygen atoms in total. The van der Waals surface area contributed by atoms with Crippen LogP contribution in [0, 0.1) is 17.8 Å². The monoisotopic (exact) mass is 310 g/mol. The number of hydrogen-bond donors (Lipinski definition) is 2. The molecule has 0 saturated heterocycles. The molecule has 2 amide bonds. The highest BCUT2D eigenvalue weighted by atomic mass is 16.3. The van der Waals surface area contributed by atoms with E-state index in [-0.39, 0.29) is 6.03 Å². The molecule has 128 valence electrons. The van der Waals surface area contributed by atoms with Crippen molar-refractivity contribution in [1.29, 1.82) is 0 Å². The zero-order chi connectivity index (χ0) is 16.1. The number of aliphatic hydroxyl groups is 1. The van der Waals surface area contributed by atoms with Gasteiger partial charge in [-0.25, -0.2) is 4.79 Å². The Hall–Kier alpha value is -0.770. The topological polar surface area (TPSA) is 52.6 Å². The van der Waals surface area contributed by atoms with E-state index < -0.39 is 0 Å². The number of carbonyl (C=O) groups is 1. The van der Waals surface area contributed by atoms with Gasteiger partial charge >= 0.3 is 6.03 Å². The second-order valence-electron chi connectivity index (χ2n) is 7.77. The number of rotatable bonds is 4. The first-order chi connectivity index (χ1) is 10.5. The number of hydrogen-bond acceptors (Lipinski definition) is 2. The highest BCUT2D eigenvalue weighted by molar-refractivity contribution is 5.74. The molecule has 2 aliphatic carbocycles. The predicted molar refractivity (Wildman–Crippen MR) is 89.7 cm³/mol. The summed E-state index contributed by atoms with van der Waals surface area (Å²) < 4.78 is 0. The minimum Gasteiger partial charge on any atom is -0.396 e. The van der Waals surface area contributed by atoms with E-state index in [1.807, 2.05) is 11.9 Å². The molecule has 0 heterocycles. The molecule has 0 spiro atoms. The van der Waals surface area contributed by atoms with Gasteiger partial charge in [-0.15, -0.1) is 0 Å². The molecular formula is C18H34N2O2. The summed E-state index contributed by atoms with van der Waals surface area (Å²) in [6, 6.07) is 0.800. The molecule has 0 aromatic rings. The van der Waals surface area contributed by atoms with Crippen molar-refractivity contribution in [2.75, 3.05) is 13.7 Å². The van der Waals surface area contributed by atoms with Gasteiger partial charge < -0.3 is 15.3 Å². The zero-order valence-electron chi connectivity index (χ0n) is 14.6. The maximum Gasteiger partial charge on any atom is 0.317 e. The third kappa shape index (κ3) is 4.61. The van der Waals surface area contributed by atoms with Crippen LogP contribution >= 0.6 is 0 Å². The van der Waals surface area contributed by atoms with Crippen LogP contribution in [-0.2, 0) is 0 Å². The Morgan fingerprint density at radius 1 is 1.09 bits per heavy atom. The molecule has 22 heavy (non-hydrogen) atoms. The van der Waals surface area contributed by atoms with Gasteiger partial charge in [-0.1, -0.05) is 13.8 Å². The van der Waals surface area contributed by atoms with Gasteiger partial charge in [0.1, 0.15) is 0 Å². The molecule has 2 fully saturated rings. The fourth-order valence-corrected chi connectivity index (χ4v) is 4.09. The molecule has 0 aromatic carbocycles. The van der Waals surface area contributed by atoms with Crippen molar-refractivity contribution < 1.29 is 9.90 Å². The Balaban J connectivity index is 1.73. The van der Waals surface area contributed by atoms with Crippen molar-refractivity contribution in [2.45, 2.75) is 77.3 Å². The SMILES string of the molecule is CC(C)C1CCC(NC(=O)N(C)C2CCC(CO)CC2)CC1. The van der Waals surface area contributed by atoms with E-state index in [2.05, 4.69) is 19.2 Å². The molecule has 2 aliphatic rings. The molecule has 4 heteroatoms. The summed E-state index contributed by atoms with van der Waals surface area (Å²) in [7, 11) is 1.93. The van der Waals surface area contributed by atoms with Gasteiger partial charge in [0.2, 0.25) is 0 Å². The van der Waals surface area contributed by atoms with Crippen molar-refractivity contribution in [1.82, 2.24) is 10.2 Å². The smallest absolute Gasteiger partial charge is 0.317 e. The average molecular weight is 310 g/mol. The lowest BCUT2D eigenvalue weighted by Gasteiger charge is -2.36. The molecule has 2 saturated carbocycles. The molecule has 2 N–H and O–H groups in total. The quantitative estimate of drug-likeness (QED) is 0.836. The lowest BCUT2D eigenvalue weighted by atomic mass is 9.80. The van der Waals surface area contributed by atoms with Crippen LogP contribution < -0.4 is 5.32 Å². The third-order valence-electron chi connectivity index (χ3n) is 5.98. The van der Waals surface area contributed by atoms with Crippen molar-refractivity contribution >= 4 is 6.03 Å². The Bertz CT molecular complexity index is 343. The van der Waals surface area contributed by atoms with E-state index >= 15 is 0 Å². The van der Waals surface area contributed by atoms with Gasteiger partial charge in [0.05, 0.1) is 0 Å². The van der Waals surface area contributed by atoms with Crippen LogP contribution in [0.25, 0.3) is 0 Å². The number of nitrogens with zero attached hydrogens (tertiary/aromatic N) is 1. The van der Waals surface area contributed by atoms with Gasteiger partial charge in [0.25, 0.3) is 0 Å². The van der Waals surface area contributed by atoms with E-state index in [0.29, 0.717) is 24.6 Å². The maximum atomic E-state index is 12.4. The van der Waals surface area contributed by atoms with Crippen LogP contribution in [-0.4, -0.2) is 41.8 Å². The first-order valence-electron chi connectivity index (χ1n) is 9.15. The molecule has 0 atom stereocenters. The van der Waals surface area contributed by atoms with Gasteiger partial charge in [0, 0.05) is 25.7 Å². The lowest BCUT2D eigenvalue weighted by molar-refractivity contribution is 0.130. The Kier molecular flexibility index (Phi) is 6.54. The molecule has 0 unspecified atom stereocenters. The van der Waals surface area contributed by atoms with Crippen LogP contribution in [0.2, 0.25) is 0 Å². The third-order valence-corrected chi connectivity index (χ3v) is 5.98. The predicted octanol–water partition coefficient (Wildman–Crippen LogP) is 3.39. The van der Waals surface area contributed by atoms with Crippen LogP contribution in [0.1, 0.15) is 65.2 Å². The number of aliphatic hydroxyl groups excluding tert-OH is 1. The van der Waals surface area contributed by atoms with Gasteiger partial charge in [-0.3, -0.25) is 0 Å². The molecule has 0 aliphatic heterocycles. The first-order valence-corrected chi connectivity index (χ1v) is 9.15. The summed E-state index contributed by atoms with van der Waals surface area (Å²) in [4.78, 5) is 14.3. The number of amides is 2. The van der Waals surface area contributed by atoms with Gasteiger partial charge in [0.15, 0.2) is 0 Å². The minimum atomic E-state index is 0.0976. The number of nitrogens with one attached hydrogen (secondary N) is 1. The Labute approximate surface area is 135 Å². The summed E-state index contributed by atoms with van der Waals surface area (Å²) in [6.07, 6.45) is 8.86. The Morgan fingerprint density at radius 2 is 1.68 bits per heavy atom.